The fourth-order valence-electron chi connectivity index (χ4n) is 2.00. The third-order valence-electron chi connectivity index (χ3n) is 3.22. The molecular formula is C17H20FN3O2. The molecule has 6 heteroatoms. The van der Waals surface area contributed by atoms with Crippen LogP contribution in [-0.4, -0.2) is 35.6 Å². The molecule has 1 aromatic heterocycles. The topological polar surface area (TPSA) is 54.5 Å². The Balaban J connectivity index is 1.78. The number of nitrogens with zero attached hydrogens (tertiary/aromatic N) is 2. The third-order valence-corrected chi connectivity index (χ3v) is 3.22. The van der Waals surface area contributed by atoms with Gasteiger partial charge in [-0.25, -0.2) is 9.18 Å². The normalized spacial score (nSPS) is 11.6. The lowest BCUT2D eigenvalue weighted by Gasteiger charge is -2.20. The van der Waals surface area contributed by atoms with E-state index in [0.717, 1.165) is 5.56 Å². The van der Waals surface area contributed by atoms with Crippen molar-refractivity contribution in [1.82, 2.24) is 15.2 Å². The van der Waals surface area contributed by atoms with Crippen molar-refractivity contribution in [1.29, 1.82) is 0 Å². The molecule has 0 radical (unpaired) electrons. The second-order valence-corrected chi connectivity index (χ2v) is 5.26. The Labute approximate surface area is 135 Å². The van der Waals surface area contributed by atoms with E-state index in [2.05, 4.69) is 10.3 Å². The van der Waals surface area contributed by atoms with Gasteiger partial charge in [0.2, 0.25) is 0 Å². The molecule has 1 heterocycles. The van der Waals surface area contributed by atoms with Gasteiger partial charge in [0.1, 0.15) is 6.10 Å². The van der Waals surface area contributed by atoms with E-state index in [0.29, 0.717) is 6.54 Å². The number of ether oxygens (including phenoxy) is 1. The zero-order valence-electron chi connectivity index (χ0n) is 13.2. The molecule has 0 aliphatic rings. The first-order valence-electron chi connectivity index (χ1n) is 7.35. The smallest absolute Gasteiger partial charge is 0.317 e. The Bertz CT molecular complexity index is 637. The highest BCUT2D eigenvalue weighted by atomic mass is 19.1. The van der Waals surface area contributed by atoms with Crippen molar-refractivity contribution in [2.24, 2.45) is 0 Å². The molecule has 2 amide bonds. The van der Waals surface area contributed by atoms with E-state index in [1.165, 1.54) is 6.07 Å². The molecule has 2 rings (SSSR count). The molecule has 122 valence electrons. The molecule has 0 bridgehead atoms. The summed E-state index contributed by atoms with van der Waals surface area (Å²) in [6.45, 7) is 2.54. The third kappa shape index (κ3) is 5.25. The SMILES string of the molecule is C[C@H](CNC(=O)N(C)Cc1ccncc1)Oc1ccccc1F. The Morgan fingerprint density at radius 3 is 2.70 bits per heavy atom. The van der Waals surface area contributed by atoms with E-state index in [4.69, 9.17) is 4.74 Å². The predicted molar refractivity (Wildman–Crippen MR) is 85.6 cm³/mol. The van der Waals surface area contributed by atoms with Crippen molar-refractivity contribution >= 4 is 6.03 Å². The van der Waals surface area contributed by atoms with Crippen molar-refractivity contribution < 1.29 is 13.9 Å². The zero-order chi connectivity index (χ0) is 16.7. The van der Waals surface area contributed by atoms with Crippen molar-refractivity contribution in [3.8, 4) is 5.75 Å². The van der Waals surface area contributed by atoms with Gasteiger partial charge in [0.05, 0.1) is 6.54 Å². The minimum atomic E-state index is -0.416. The summed E-state index contributed by atoms with van der Waals surface area (Å²) in [5.41, 5.74) is 0.994. The number of urea groups is 1. The second kappa shape index (κ2) is 8.12. The monoisotopic (exact) mass is 317 g/mol. The quantitative estimate of drug-likeness (QED) is 0.891. The summed E-state index contributed by atoms with van der Waals surface area (Å²) in [6.07, 6.45) is 3.03. The number of carbonyl (C=O) groups excluding carboxylic acids is 1. The highest BCUT2D eigenvalue weighted by Crippen LogP contribution is 2.16. The van der Waals surface area contributed by atoms with Crippen LogP contribution in [0.2, 0.25) is 0 Å². The molecule has 1 atom stereocenters. The van der Waals surface area contributed by atoms with E-state index < -0.39 is 5.82 Å². The molecule has 2 aromatic rings. The fraction of sp³-hybridized carbons (Fsp3) is 0.294. The molecule has 0 fully saturated rings. The maximum Gasteiger partial charge on any atom is 0.317 e. The Morgan fingerprint density at radius 1 is 1.30 bits per heavy atom. The molecule has 0 aliphatic carbocycles. The van der Waals surface area contributed by atoms with Crippen molar-refractivity contribution in [2.75, 3.05) is 13.6 Å². The first-order valence-corrected chi connectivity index (χ1v) is 7.35. The van der Waals surface area contributed by atoms with Gasteiger partial charge in [-0.1, -0.05) is 12.1 Å². The van der Waals surface area contributed by atoms with Crippen LogP contribution in [0.4, 0.5) is 9.18 Å². The second-order valence-electron chi connectivity index (χ2n) is 5.26. The highest BCUT2D eigenvalue weighted by Gasteiger charge is 2.12. The van der Waals surface area contributed by atoms with Gasteiger partial charge in [-0.3, -0.25) is 4.98 Å². The fourth-order valence-corrected chi connectivity index (χ4v) is 2.00. The Hall–Kier alpha value is -2.63. The summed E-state index contributed by atoms with van der Waals surface area (Å²) >= 11 is 0. The average Bonchev–Trinajstić information content (AvgIpc) is 2.55. The summed E-state index contributed by atoms with van der Waals surface area (Å²) in [4.78, 5) is 17.5. The van der Waals surface area contributed by atoms with E-state index in [9.17, 15) is 9.18 Å². The van der Waals surface area contributed by atoms with Gasteiger partial charge in [0.25, 0.3) is 0 Å². The number of pyridine rings is 1. The number of hydrogen-bond acceptors (Lipinski definition) is 3. The van der Waals surface area contributed by atoms with Crippen LogP contribution in [0.25, 0.3) is 0 Å². The van der Waals surface area contributed by atoms with Gasteiger partial charge >= 0.3 is 6.03 Å². The van der Waals surface area contributed by atoms with Gasteiger partial charge in [0.15, 0.2) is 11.6 Å². The lowest BCUT2D eigenvalue weighted by molar-refractivity contribution is 0.185. The summed E-state index contributed by atoms with van der Waals surface area (Å²) in [6, 6.07) is 9.69. The van der Waals surface area contributed by atoms with Crippen molar-refractivity contribution in [2.45, 2.75) is 19.6 Å². The van der Waals surface area contributed by atoms with Crippen LogP contribution in [-0.2, 0) is 6.54 Å². The number of aromatic nitrogens is 1. The molecule has 0 unspecified atom stereocenters. The summed E-state index contributed by atoms with van der Waals surface area (Å²) < 4.78 is 19.0. The number of nitrogens with one attached hydrogen (secondary N) is 1. The molecule has 0 spiro atoms. The van der Waals surface area contributed by atoms with E-state index >= 15 is 0 Å². The van der Waals surface area contributed by atoms with E-state index in [-0.39, 0.29) is 24.4 Å². The number of halogens is 1. The lowest BCUT2D eigenvalue weighted by atomic mass is 10.2. The largest absolute Gasteiger partial charge is 0.486 e. The van der Waals surface area contributed by atoms with Crippen LogP contribution >= 0.6 is 0 Å². The van der Waals surface area contributed by atoms with Crippen LogP contribution < -0.4 is 10.1 Å². The molecule has 1 aromatic carbocycles. The number of benzene rings is 1. The van der Waals surface area contributed by atoms with E-state index in [1.54, 1.807) is 49.5 Å². The van der Waals surface area contributed by atoms with E-state index in [1.807, 2.05) is 12.1 Å². The summed E-state index contributed by atoms with van der Waals surface area (Å²) in [5, 5.41) is 2.77. The van der Waals surface area contributed by atoms with Crippen LogP contribution in [0.5, 0.6) is 5.75 Å². The molecule has 1 N–H and O–H groups in total. The van der Waals surface area contributed by atoms with Gasteiger partial charge in [-0.05, 0) is 36.8 Å². The van der Waals surface area contributed by atoms with Gasteiger partial charge in [-0.2, -0.15) is 0 Å². The first-order chi connectivity index (χ1) is 11.1. The zero-order valence-corrected chi connectivity index (χ0v) is 13.2. The number of para-hydroxylation sites is 1. The molecule has 23 heavy (non-hydrogen) atoms. The minimum absolute atomic E-state index is 0.180. The maximum atomic E-state index is 13.5. The maximum absolute atomic E-state index is 13.5. The summed E-state index contributed by atoms with van der Waals surface area (Å²) in [7, 11) is 1.71. The van der Waals surface area contributed by atoms with Gasteiger partial charge in [0, 0.05) is 26.0 Å². The van der Waals surface area contributed by atoms with Crippen LogP contribution in [0.1, 0.15) is 12.5 Å². The van der Waals surface area contributed by atoms with Gasteiger partial charge < -0.3 is 15.0 Å². The Morgan fingerprint density at radius 2 is 2.00 bits per heavy atom. The number of amides is 2. The molecule has 0 saturated heterocycles. The first kappa shape index (κ1) is 16.7. The van der Waals surface area contributed by atoms with Crippen molar-refractivity contribution in [3.05, 3.63) is 60.2 Å². The molecule has 0 aliphatic heterocycles. The van der Waals surface area contributed by atoms with Crippen LogP contribution in [0, 0.1) is 5.82 Å². The number of rotatable bonds is 6. The molecule has 5 nitrogen and oxygen atoms in total. The van der Waals surface area contributed by atoms with Crippen molar-refractivity contribution in [3.63, 3.8) is 0 Å². The van der Waals surface area contributed by atoms with Gasteiger partial charge in [-0.15, -0.1) is 0 Å². The standard InChI is InChI=1S/C17H20FN3O2/c1-13(23-16-6-4-3-5-15(16)18)11-20-17(22)21(2)12-14-7-9-19-10-8-14/h3-10,13H,11-12H2,1-2H3,(H,20,22)/t13-/m1/s1. The number of carbonyl (C=O) groups is 1. The molecular weight excluding hydrogens is 297 g/mol. The molecule has 0 saturated carbocycles. The summed E-state index contributed by atoms with van der Waals surface area (Å²) in [5.74, 6) is -0.236. The predicted octanol–water partition coefficient (Wildman–Crippen LogP) is 2.83. The van der Waals surface area contributed by atoms with Crippen LogP contribution in [0.15, 0.2) is 48.8 Å². The highest BCUT2D eigenvalue weighted by molar-refractivity contribution is 5.73. The Kier molecular flexibility index (Phi) is 5.91. The number of hydrogen-bond donors (Lipinski definition) is 1. The lowest BCUT2D eigenvalue weighted by Crippen LogP contribution is -2.41. The van der Waals surface area contributed by atoms with Crippen LogP contribution in [0.3, 0.4) is 0 Å². The minimum Gasteiger partial charge on any atom is -0.486 e. The average molecular weight is 317 g/mol.